The van der Waals surface area contributed by atoms with Crippen LogP contribution in [0.4, 0.5) is 0 Å². The van der Waals surface area contributed by atoms with E-state index in [4.69, 9.17) is 14.2 Å². The van der Waals surface area contributed by atoms with Crippen molar-refractivity contribution in [2.45, 2.75) is 62.8 Å². The fraction of sp³-hybridized carbons (Fsp3) is 0.609. The molecule has 8 heteroatoms. The molecule has 2 saturated heterocycles. The summed E-state index contributed by atoms with van der Waals surface area (Å²) in [6, 6.07) is 6.96. The Balaban J connectivity index is 1.21. The molecule has 1 saturated carbocycles. The van der Waals surface area contributed by atoms with Crippen molar-refractivity contribution in [1.29, 1.82) is 0 Å². The third kappa shape index (κ3) is 4.19. The van der Waals surface area contributed by atoms with Crippen molar-refractivity contribution in [3.8, 4) is 5.75 Å². The minimum absolute atomic E-state index is 0.0224. The molecular formula is C23H30N4O4. The summed E-state index contributed by atoms with van der Waals surface area (Å²) in [4.78, 5) is 12.8. The second-order valence-corrected chi connectivity index (χ2v) is 8.84. The van der Waals surface area contributed by atoms with E-state index in [9.17, 15) is 4.79 Å². The van der Waals surface area contributed by atoms with E-state index in [0.29, 0.717) is 24.5 Å². The average molecular weight is 427 g/mol. The van der Waals surface area contributed by atoms with E-state index < -0.39 is 0 Å². The first-order chi connectivity index (χ1) is 15.2. The number of nitrogens with zero attached hydrogens (tertiary/aromatic N) is 3. The second kappa shape index (κ2) is 8.96. The van der Waals surface area contributed by atoms with Crippen LogP contribution in [-0.2, 0) is 15.9 Å². The van der Waals surface area contributed by atoms with Crippen molar-refractivity contribution >= 4 is 5.91 Å². The lowest BCUT2D eigenvalue weighted by molar-refractivity contribution is 0.0613. The summed E-state index contributed by atoms with van der Waals surface area (Å²) < 4.78 is 19.3. The molecule has 1 aliphatic carbocycles. The zero-order valence-electron chi connectivity index (χ0n) is 17.9. The molecule has 1 amide bonds. The molecule has 5 rings (SSSR count). The fourth-order valence-electron chi connectivity index (χ4n) is 5.16. The molecule has 3 fully saturated rings. The van der Waals surface area contributed by atoms with Gasteiger partial charge in [-0.3, -0.25) is 4.79 Å². The number of fused-ring (bicyclic) bond motifs is 1. The number of methoxy groups -OCH3 is 1. The van der Waals surface area contributed by atoms with E-state index in [1.165, 1.54) is 32.1 Å². The van der Waals surface area contributed by atoms with Crippen LogP contribution in [0.1, 0.15) is 54.2 Å². The lowest BCUT2D eigenvalue weighted by Crippen LogP contribution is -2.44. The maximum absolute atomic E-state index is 12.8. The SMILES string of the molecule is COc1ccccc1C(=O)N[C@H]1CO[C@H]2[C@@H]1OC[C@@H]2n1cc(CC2CCCCC2)nn1. The molecule has 0 radical (unpaired) electrons. The Morgan fingerprint density at radius 1 is 1.16 bits per heavy atom. The summed E-state index contributed by atoms with van der Waals surface area (Å²) in [5, 5.41) is 11.9. The minimum atomic E-state index is -0.211. The zero-order chi connectivity index (χ0) is 21.2. The number of carbonyl (C=O) groups is 1. The van der Waals surface area contributed by atoms with Crippen LogP contribution in [0.5, 0.6) is 5.75 Å². The van der Waals surface area contributed by atoms with Gasteiger partial charge in [0.15, 0.2) is 0 Å². The molecule has 3 heterocycles. The summed E-state index contributed by atoms with van der Waals surface area (Å²) in [6.07, 6.45) is 9.31. The summed E-state index contributed by atoms with van der Waals surface area (Å²) in [5.41, 5.74) is 1.56. The molecule has 0 unspecified atom stereocenters. The van der Waals surface area contributed by atoms with Crippen molar-refractivity contribution in [3.63, 3.8) is 0 Å². The number of hydrogen-bond acceptors (Lipinski definition) is 6. The van der Waals surface area contributed by atoms with Crippen LogP contribution < -0.4 is 10.1 Å². The maximum atomic E-state index is 12.8. The highest BCUT2D eigenvalue weighted by Gasteiger charge is 2.49. The molecule has 2 aromatic rings. The lowest BCUT2D eigenvalue weighted by atomic mass is 9.86. The Morgan fingerprint density at radius 3 is 2.81 bits per heavy atom. The number of nitrogens with one attached hydrogen (secondary N) is 1. The van der Waals surface area contributed by atoms with Gasteiger partial charge in [0.25, 0.3) is 5.91 Å². The van der Waals surface area contributed by atoms with E-state index in [0.717, 1.165) is 18.0 Å². The Labute approximate surface area is 182 Å². The largest absolute Gasteiger partial charge is 0.496 e. The summed E-state index contributed by atoms with van der Waals surface area (Å²) in [5.74, 6) is 1.09. The average Bonchev–Trinajstić information content (AvgIpc) is 3.52. The normalized spacial score (nSPS) is 28.4. The van der Waals surface area contributed by atoms with Crippen molar-refractivity contribution in [2.75, 3.05) is 20.3 Å². The molecule has 2 aliphatic heterocycles. The molecule has 0 bridgehead atoms. The molecule has 1 N–H and O–H groups in total. The maximum Gasteiger partial charge on any atom is 0.255 e. The molecule has 8 nitrogen and oxygen atoms in total. The lowest BCUT2D eigenvalue weighted by Gasteiger charge is -2.20. The first-order valence-corrected chi connectivity index (χ1v) is 11.3. The molecule has 31 heavy (non-hydrogen) atoms. The van der Waals surface area contributed by atoms with Crippen molar-refractivity contribution in [2.24, 2.45) is 5.92 Å². The van der Waals surface area contributed by atoms with Crippen molar-refractivity contribution in [1.82, 2.24) is 20.3 Å². The van der Waals surface area contributed by atoms with Gasteiger partial charge in [-0.25, -0.2) is 4.68 Å². The zero-order valence-corrected chi connectivity index (χ0v) is 17.9. The van der Waals surface area contributed by atoms with Gasteiger partial charge in [0.2, 0.25) is 0 Å². The van der Waals surface area contributed by atoms with Crippen LogP contribution in [0.2, 0.25) is 0 Å². The number of ether oxygens (including phenoxy) is 3. The predicted molar refractivity (Wildman–Crippen MR) is 113 cm³/mol. The Hall–Kier alpha value is -2.45. The highest BCUT2D eigenvalue weighted by molar-refractivity contribution is 5.97. The Bertz CT molecular complexity index is 910. The van der Waals surface area contributed by atoms with Crippen molar-refractivity contribution < 1.29 is 19.0 Å². The van der Waals surface area contributed by atoms with Crippen molar-refractivity contribution in [3.05, 3.63) is 41.7 Å². The molecule has 1 aromatic heterocycles. The number of hydrogen-bond donors (Lipinski definition) is 1. The molecule has 3 aliphatic rings. The van der Waals surface area contributed by atoms with Crippen LogP contribution in [0, 0.1) is 5.92 Å². The van der Waals surface area contributed by atoms with Crippen LogP contribution in [-0.4, -0.2) is 59.5 Å². The number of amides is 1. The highest BCUT2D eigenvalue weighted by Crippen LogP contribution is 2.34. The topological polar surface area (TPSA) is 87.5 Å². The summed E-state index contributed by atoms with van der Waals surface area (Å²) >= 11 is 0. The highest BCUT2D eigenvalue weighted by atomic mass is 16.6. The van der Waals surface area contributed by atoms with Gasteiger partial charge in [0.1, 0.15) is 24.0 Å². The van der Waals surface area contributed by atoms with Gasteiger partial charge >= 0.3 is 0 Å². The standard InChI is InChI=1S/C23H30N4O4/c1-29-20-10-6-5-9-17(20)23(28)24-18-13-30-22-19(14-31-21(18)22)27-12-16(25-26-27)11-15-7-3-2-4-8-15/h5-6,9-10,12,15,18-19,21-22H,2-4,7-8,11,13-14H2,1H3,(H,24,28)/t18-,19-,21+,22+/m0/s1. The second-order valence-electron chi connectivity index (χ2n) is 8.84. The van der Waals surface area contributed by atoms with E-state index in [1.807, 2.05) is 16.8 Å². The van der Waals surface area contributed by atoms with Crippen LogP contribution in [0.15, 0.2) is 30.5 Å². The first kappa shape index (κ1) is 20.5. The molecular weight excluding hydrogens is 396 g/mol. The smallest absolute Gasteiger partial charge is 0.255 e. The molecule has 166 valence electrons. The third-order valence-corrected chi connectivity index (χ3v) is 6.82. The third-order valence-electron chi connectivity index (χ3n) is 6.82. The van der Waals surface area contributed by atoms with Crippen LogP contribution >= 0.6 is 0 Å². The quantitative estimate of drug-likeness (QED) is 0.764. The van der Waals surface area contributed by atoms with Gasteiger partial charge in [-0.05, 0) is 24.5 Å². The number of aromatic nitrogens is 3. The number of rotatable bonds is 6. The first-order valence-electron chi connectivity index (χ1n) is 11.3. The Morgan fingerprint density at radius 2 is 1.97 bits per heavy atom. The number of carbonyl (C=O) groups excluding carboxylic acids is 1. The Kier molecular flexibility index (Phi) is 5.91. The monoisotopic (exact) mass is 426 g/mol. The van der Waals surface area contributed by atoms with Gasteiger partial charge in [0, 0.05) is 6.20 Å². The van der Waals surface area contributed by atoms with E-state index in [2.05, 4.69) is 21.8 Å². The van der Waals surface area contributed by atoms with Crippen LogP contribution in [0.25, 0.3) is 0 Å². The van der Waals surface area contributed by atoms with Crippen LogP contribution in [0.3, 0.4) is 0 Å². The van der Waals surface area contributed by atoms with Gasteiger partial charge < -0.3 is 19.5 Å². The van der Waals surface area contributed by atoms with Gasteiger partial charge in [-0.15, -0.1) is 5.10 Å². The molecule has 0 spiro atoms. The van der Waals surface area contributed by atoms with Gasteiger partial charge in [-0.1, -0.05) is 49.5 Å². The van der Waals surface area contributed by atoms with E-state index in [1.54, 1.807) is 19.2 Å². The van der Waals surface area contributed by atoms with Gasteiger partial charge in [-0.2, -0.15) is 0 Å². The van der Waals surface area contributed by atoms with E-state index in [-0.39, 0.29) is 30.2 Å². The number of benzene rings is 1. The van der Waals surface area contributed by atoms with E-state index >= 15 is 0 Å². The molecule has 1 aromatic carbocycles. The summed E-state index contributed by atoms with van der Waals surface area (Å²) in [6.45, 7) is 0.916. The minimum Gasteiger partial charge on any atom is -0.496 e. The molecule has 4 atom stereocenters. The number of para-hydroxylation sites is 1. The predicted octanol–water partition coefficient (Wildman–Crippen LogP) is 2.55. The van der Waals surface area contributed by atoms with Gasteiger partial charge in [0.05, 0.1) is 37.6 Å². The summed E-state index contributed by atoms with van der Waals surface area (Å²) in [7, 11) is 1.56. The fourth-order valence-corrected chi connectivity index (χ4v) is 5.16.